The van der Waals surface area contributed by atoms with Crippen LogP contribution in [0.2, 0.25) is 0 Å². The fourth-order valence-electron chi connectivity index (χ4n) is 2.04. The van der Waals surface area contributed by atoms with Gasteiger partial charge in [-0.2, -0.15) is 0 Å². The molecule has 130 valence electrons. The molecule has 0 radical (unpaired) electrons. The van der Waals surface area contributed by atoms with Crippen molar-refractivity contribution in [2.75, 3.05) is 0 Å². The van der Waals surface area contributed by atoms with Crippen molar-refractivity contribution in [3.63, 3.8) is 0 Å². The summed E-state index contributed by atoms with van der Waals surface area (Å²) in [5, 5.41) is 21.8. The first-order valence-electron chi connectivity index (χ1n) is 7.14. The van der Waals surface area contributed by atoms with Gasteiger partial charge >= 0.3 is 5.97 Å². The van der Waals surface area contributed by atoms with Gasteiger partial charge in [0.25, 0.3) is 11.4 Å². The van der Waals surface area contributed by atoms with Gasteiger partial charge < -0.3 is 4.74 Å². The number of nitro groups is 2. The van der Waals surface area contributed by atoms with Crippen molar-refractivity contribution >= 4 is 33.3 Å². The topological polar surface area (TPSA) is 113 Å². The van der Waals surface area contributed by atoms with Crippen LogP contribution < -0.4 is 4.74 Å². The molecule has 2 aromatic rings. The van der Waals surface area contributed by atoms with Gasteiger partial charge in [0.15, 0.2) is 0 Å². The van der Waals surface area contributed by atoms with Gasteiger partial charge in [0.1, 0.15) is 5.75 Å². The minimum absolute atomic E-state index is 0.212. The van der Waals surface area contributed by atoms with Crippen LogP contribution in [0.3, 0.4) is 0 Å². The standard InChI is InChI=1S/C16H13BrN2O6/c1-9(2)10-3-4-15(14(17)7-10)25-16(20)11-5-12(18(21)22)8-13(6-11)19(23)24/h3-9H,1-2H3. The maximum atomic E-state index is 12.2. The highest BCUT2D eigenvalue weighted by atomic mass is 79.9. The number of esters is 1. The molecule has 0 spiro atoms. The molecule has 2 rings (SSSR count). The smallest absolute Gasteiger partial charge is 0.344 e. The summed E-state index contributed by atoms with van der Waals surface area (Å²) in [6.07, 6.45) is 0. The van der Waals surface area contributed by atoms with Gasteiger partial charge in [-0.3, -0.25) is 20.2 Å². The Morgan fingerprint density at radius 1 is 1.04 bits per heavy atom. The molecule has 0 bridgehead atoms. The summed E-state index contributed by atoms with van der Waals surface area (Å²) in [6.45, 7) is 4.02. The highest BCUT2D eigenvalue weighted by Gasteiger charge is 2.21. The monoisotopic (exact) mass is 408 g/mol. The predicted molar refractivity (Wildman–Crippen MR) is 92.9 cm³/mol. The molecule has 0 aliphatic rings. The van der Waals surface area contributed by atoms with E-state index in [1.807, 2.05) is 13.8 Å². The second kappa shape index (κ2) is 7.39. The van der Waals surface area contributed by atoms with Crippen LogP contribution in [0.4, 0.5) is 11.4 Å². The number of non-ortho nitro benzene ring substituents is 2. The van der Waals surface area contributed by atoms with Crippen molar-refractivity contribution in [2.45, 2.75) is 19.8 Å². The molecule has 0 saturated heterocycles. The van der Waals surface area contributed by atoms with Crippen LogP contribution in [-0.4, -0.2) is 15.8 Å². The summed E-state index contributed by atoms with van der Waals surface area (Å²) < 4.78 is 5.74. The zero-order chi connectivity index (χ0) is 18.7. The largest absolute Gasteiger partial charge is 0.422 e. The average Bonchev–Trinajstić information content (AvgIpc) is 2.55. The number of hydrogen-bond donors (Lipinski definition) is 0. The first kappa shape index (κ1) is 18.5. The van der Waals surface area contributed by atoms with E-state index in [9.17, 15) is 25.0 Å². The minimum Gasteiger partial charge on any atom is -0.422 e. The second-order valence-corrected chi connectivity index (χ2v) is 6.34. The molecular formula is C16H13BrN2O6. The highest BCUT2D eigenvalue weighted by Crippen LogP contribution is 2.30. The summed E-state index contributed by atoms with van der Waals surface area (Å²) in [5.74, 6) is -0.436. The van der Waals surface area contributed by atoms with Crippen LogP contribution in [0.1, 0.15) is 35.7 Å². The third-order valence-electron chi connectivity index (χ3n) is 3.39. The molecule has 0 aromatic heterocycles. The maximum Gasteiger partial charge on any atom is 0.344 e. The number of halogens is 1. The lowest BCUT2D eigenvalue weighted by Crippen LogP contribution is -2.10. The second-order valence-electron chi connectivity index (χ2n) is 5.49. The van der Waals surface area contributed by atoms with Crippen molar-refractivity contribution in [3.8, 4) is 5.75 Å². The number of carbonyl (C=O) groups is 1. The summed E-state index contributed by atoms with van der Waals surface area (Å²) in [4.78, 5) is 32.4. The Morgan fingerprint density at radius 3 is 2.04 bits per heavy atom. The maximum absolute atomic E-state index is 12.2. The zero-order valence-corrected chi connectivity index (χ0v) is 14.8. The van der Waals surface area contributed by atoms with Crippen LogP contribution in [0.5, 0.6) is 5.75 Å². The van der Waals surface area contributed by atoms with Gasteiger partial charge in [-0.15, -0.1) is 0 Å². The predicted octanol–water partition coefficient (Wildman–Crippen LogP) is 4.61. The summed E-state index contributed by atoms with van der Waals surface area (Å²) >= 11 is 3.30. The van der Waals surface area contributed by atoms with Crippen molar-refractivity contribution < 1.29 is 19.4 Å². The van der Waals surface area contributed by atoms with Gasteiger partial charge in [-0.25, -0.2) is 4.79 Å². The zero-order valence-electron chi connectivity index (χ0n) is 13.3. The molecule has 0 N–H and O–H groups in total. The third-order valence-corrected chi connectivity index (χ3v) is 4.00. The van der Waals surface area contributed by atoms with Crippen LogP contribution >= 0.6 is 15.9 Å². The molecule has 25 heavy (non-hydrogen) atoms. The van der Waals surface area contributed by atoms with E-state index < -0.39 is 27.2 Å². The average molecular weight is 409 g/mol. The highest BCUT2D eigenvalue weighted by molar-refractivity contribution is 9.10. The van der Waals surface area contributed by atoms with E-state index in [0.29, 0.717) is 4.47 Å². The van der Waals surface area contributed by atoms with Gasteiger partial charge in [-0.1, -0.05) is 19.9 Å². The summed E-state index contributed by atoms with van der Waals surface area (Å²) in [7, 11) is 0. The van der Waals surface area contributed by atoms with E-state index in [1.54, 1.807) is 18.2 Å². The van der Waals surface area contributed by atoms with E-state index in [0.717, 1.165) is 23.8 Å². The van der Waals surface area contributed by atoms with Crippen molar-refractivity contribution in [1.29, 1.82) is 0 Å². The molecule has 0 heterocycles. The molecule has 0 fully saturated rings. The van der Waals surface area contributed by atoms with Crippen LogP contribution in [0.15, 0.2) is 40.9 Å². The van der Waals surface area contributed by atoms with E-state index in [2.05, 4.69) is 15.9 Å². The van der Waals surface area contributed by atoms with E-state index >= 15 is 0 Å². The number of nitrogens with zero attached hydrogens (tertiary/aromatic N) is 2. The minimum atomic E-state index is -0.926. The molecule has 0 amide bonds. The Labute approximate surface area is 150 Å². The molecule has 0 aliphatic carbocycles. The fourth-order valence-corrected chi connectivity index (χ4v) is 2.52. The van der Waals surface area contributed by atoms with Gasteiger partial charge in [0, 0.05) is 12.1 Å². The molecule has 8 nitrogen and oxygen atoms in total. The van der Waals surface area contributed by atoms with Crippen LogP contribution in [-0.2, 0) is 0 Å². The lowest BCUT2D eigenvalue weighted by Gasteiger charge is -2.10. The molecular weight excluding hydrogens is 396 g/mol. The van der Waals surface area contributed by atoms with Crippen LogP contribution in [0.25, 0.3) is 0 Å². The quantitative estimate of drug-likeness (QED) is 0.309. The Morgan fingerprint density at radius 2 is 1.60 bits per heavy atom. The SMILES string of the molecule is CC(C)c1ccc(OC(=O)c2cc([N+](=O)[O-])cc([N+](=O)[O-])c2)c(Br)c1. The molecule has 0 atom stereocenters. The number of rotatable bonds is 5. The van der Waals surface area contributed by atoms with E-state index in [1.165, 1.54) is 0 Å². The summed E-state index contributed by atoms with van der Waals surface area (Å²) in [6, 6.07) is 7.82. The normalized spacial score (nSPS) is 10.6. The lowest BCUT2D eigenvalue weighted by molar-refractivity contribution is -0.394. The number of benzene rings is 2. The molecule has 0 unspecified atom stereocenters. The number of ether oxygens (including phenoxy) is 1. The van der Waals surface area contributed by atoms with Gasteiger partial charge in [0.2, 0.25) is 0 Å². The molecule has 9 heteroatoms. The number of nitro benzene ring substituents is 2. The molecule has 0 aliphatic heterocycles. The molecule has 2 aromatic carbocycles. The number of carbonyl (C=O) groups excluding carboxylic acids is 1. The van der Waals surface area contributed by atoms with E-state index in [4.69, 9.17) is 4.74 Å². The van der Waals surface area contributed by atoms with E-state index in [-0.39, 0.29) is 17.2 Å². The Hall–Kier alpha value is -2.81. The van der Waals surface area contributed by atoms with Crippen molar-refractivity contribution in [2.24, 2.45) is 0 Å². The molecule has 0 saturated carbocycles. The Bertz CT molecular complexity index is 833. The Kier molecular flexibility index (Phi) is 5.48. The number of hydrogen-bond acceptors (Lipinski definition) is 6. The Balaban J connectivity index is 2.35. The van der Waals surface area contributed by atoms with Gasteiger partial charge in [0.05, 0.1) is 25.9 Å². The first-order chi connectivity index (χ1) is 11.7. The summed E-state index contributed by atoms with van der Waals surface area (Å²) in [5.41, 5.74) is -0.371. The lowest BCUT2D eigenvalue weighted by atomic mass is 10.0. The van der Waals surface area contributed by atoms with Gasteiger partial charge in [-0.05, 0) is 39.5 Å². The van der Waals surface area contributed by atoms with Crippen molar-refractivity contribution in [3.05, 3.63) is 72.2 Å². The van der Waals surface area contributed by atoms with Crippen LogP contribution in [0, 0.1) is 20.2 Å². The van der Waals surface area contributed by atoms with Crippen molar-refractivity contribution in [1.82, 2.24) is 0 Å². The third kappa shape index (κ3) is 4.38. The fraction of sp³-hybridized carbons (Fsp3) is 0.188. The first-order valence-corrected chi connectivity index (χ1v) is 7.94.